The second kappa shape index (κ2) is 5.24. The number of amides is 1. The number of carbonyl (C=O) groups is 1. The van der Waals surface area contributed by atoms with Crippen LogP contribution in [0.3, 0.4) is 0 Å². The topological polar surface area (TPSA) is 42.4 Å². The molecule has 96 valence electrons. The molecule has 4 nitrogen and oxygen atoms in total. The first-order chi connectivity index (χ1) is 9.33. The van der Waals surface area contributed by atoms with Gasteiger partial charge in [-0.3, -0.25) is 4.90 Å². The lowest BCUT2D eigenvalue weighted by Crippen LogP contribution is -2.27. The molecule has 1 amide bonds. The normalized spacial score (nSPS) is 13.2. The van der Waals surface area contributed by atoms with Gasteiger partial charge in [0.1, 0.15) is 6.61 Å². The highest BCUT2D eigenvalue weighted by molar-refractivity contribution is 7.09. The Hall–Kier alpha value is -2.14. The second-order valence-corrected chi connectivity index (χ2v) is 5.08. The molecular formula is C14H12N2O2S. The van der Waals surface area contributed by atoms with Crippen LogP contribution in [0.25, 0.3) is 6.08 Å². The second-order valence-electron chi connectivity index (χ2n) is 4.14. The van der Waals surface area contributed by atoms with Gasteiger partial charge in [-0.05, 0) is 11.6 Å². The van der Waals surface area contributed by atoms with E-state index in [1.807, 2.05) is 36.4 Å². The smallest absolute Gasteiger partial charge is 0.414 e. The molecule has 0 bridgehead atoms. The van der Waals surface area contributed by atoms with Crippen LogP contribution < -0.4 is 0 Å². The molecule has 0 radical (unpaired) electrons. The molecule has 0 saturated heterocycles. The number of hydrogen-bond donors (Lipinski definition) is 0. The Kier molecular flexibility index (Phi) is 3.29. The lowest BCUT2D eigenvalue weighted by atomic mass is 10.2. The van der Waals surface area contributed by atoms with Crippen molar-refractivity contribution in [1.82, 2.24) is 9.88 Å². The van der Waals surface area contributed by atoms with Gasteiger partial charge in [0.25, 0.3) is 0 Å². The molecule has 1 aromatic heterocycles. The molecule has 0 aliphatic carbocycles. The minimum absolute atomic E-state index is 0.291. The predicted molar refractivity (Wildman–Crippen MR) is 73.3 cm³/mol. The van der Waals surface area contributed by atoms with Gasteiger partial charge in [0.15, 0.2) is 0 Å². The maximum Gasteiger partial charge on any atom is 0.414 e. The Morgan fingerprint density at radius 3 is 3.05 bits per heavy atom. The molecule has 2 heterocycles. The van der Waals surface area contributed by atoms with E-state index < -0.39 is 0 Å². The van der Waals surface area contributed by atoms with Crippen LogP contribution in [-0.2, 0) is 17.9 Å². The molecule has 0 N–H and O–H groups in total. The number of rotatable bonds is 2. The number of ether oxygens (including phenoxy) is 1. The summed E-state index contributed by atoms with van der Waals surface area (Å²) in [5.74, 6) is 0. The van der Waals surface area contributed by atoms with Crippen molar-refractivity contribution in [2.75, 3.05) is 0 Å². The molecule has 1 aliphatic rings. The monoisotopic (exact) mass is 272 g/mol. The van der Waals surface area contributed by atoms with E-state index in [0.29, 0.717) is 13.2 Å². The molecular weight excluding hydrogens is 260 g/mol. The molecule has 1 aromatic carbocycles. The first kappa shape index (κ1) is 11.9. The van der Waals surface area contributed by atoms with Gasteiger partial charge in [-0.15, -0.1) is 11.3 Å². The van der Waals surface area contributed by atoms with Crippen molar-refractivity contribution < 1.29 is 9.53 Å². The van der Waals surface area contributed by atoms with E-state index in [4.69, 9.17) is 4.74 Å². The van der Waals surface area contributed by atoms with Crippen molar-refractivity contribution in [2.45, 2.75) is 13.2 Å². The van der Waals surface area contributed by atoms with E-state index in [2.05, 4.69) is 4.98 Å². The van der Waals surface area contributed by atoms with Crippen LogP contribution in [-0.4, -0.2) is 16.0 Å². The van der Waals surface area contributed by atoms with E-state index >= 15 is 0 Å². The summed E-state index contributed by atoms with van der Waals surface area (Å²) >= 11 is 1.55. The maximum atomic E-state index is 11.9. The molecule has 19 heavy (non-hydrogen) atoms. The van der Waals surface area contributed by atoms with Crippen LogP contribution in [0.4, 0.5) is 4.79 Å². The summed E-state index contributed by atoms with van der Waals surface area (Å²) in [6.45, 7) is 0.823. The van der Waals surface area contributed by atoms with E-state index in [1.165, 1.54) is 0 Å². The summed E-state index contributed by atoms with van der Waals surface area (Å²) in [4.78, 5) is 18.8. The summed E-state index contributed by atoms with van der Waals surface area (Å²) in [5.41, 5.74) is 3.71. The van der Waals surface area contributed by atoms with Gasteiger partial charge in [-0.2, -0.15) is 0 Å². The van der Waals surface area contributed by atoms with Crippen LogP contribution in [0, 0.1) is 0 Å². The molecule has 1 aliphatic heterocycles. The van der Waals surface area contributed by atoms with Gasteiger partial charge >= 0.3 is 6.09 Å². The van der Waals surface area contributed by atoms with Crippen molar-refractivity contribution in [3.05, 3.63) is 58.2 Å². The Morgan fingerprint density at radius 2 is 2.21 bits per heavy atom. The van der Waals surface area contributed by atoms with Crippen molar-refractivity contribution in [3.63, 3.8) is 0 Å². The van der Waals surface area contributed by atoms with Crippen molar-refractivity contribution in [1.29, 1.82) is 0 Å². The number of hydrogen-bond acceptors (Lipinski definition) is 4. The third-order valence-corrected chi connectivity index (χ3v) is 3.67. The largest absolute Gasteiger partial charge is 0.444 e. The third kappa shape index (κ3) is 2.66. The summed E-state index contributed by atoms with van der Waals surface area (Å²) < 4.78 is 5.28. The summed E-state index contributed by atoms with van der Waals surface area (Å²) in [5, 5.41) is 0. The predicted octanol–water partition coefficient (Wildman–Crippen LogP) is 3.27. The van der Waals surface area contributed by atoms with Crippen molar-refractivity contribution in [3.8, 4) is 0 Å². The summed E-state index contributed by atoms with van der Waals surface area (Å²) in [7, 11) is 0. The highest BCUT2D eigenvalue weighted by Crippen LogP contribution is 2.22. The van der Waals surface area contributed by atoms with E-state index in [0.717, 1.165) is 16.1 Å². The molecule has 0 saturated carbocycles. The van der Waals surface area contributed by atoms with E-state index in [9.17, 15) is 4.79 Å². The lowest BCUT2D eigenvalue weighted by Gasteiger charge is -2.20. The fourth-order valence-corrected chi connectivity index (χ4v) is 2.58. The number of benzene rings is 1. The maximum absolute atomic E-state index is 11.9. The van der Waals surface area contributed by atoms with Crippen LogP contribution in [0.15, 0.2) is 42.0 Å². The van der Waals surface area contributed by atoms with Gasteiger partial charge in [-0.25, -0.2) is 9.78 Å². The van der Waals surface area contributed by atoms with Crippen LogP contribution in [0.1, 0.15) is 16.1 Å². The third-order valence-electron chi connectivity index (χ3n) is 2.84. The first-order valence-corrected chi connectivity index (χ1v) is 6.79. The minimum Gasteiger partial charge on any atom is -0.444 e. The zero-order valence-electron chi connectivity index (χ0n) is 10.2. The highest BCUT2D eigenvalue weighted by atomic mass is 32.1. The fourth-order valence-electron chi connectivity index (χ4n) is 1.83. The summed E-state index contributed by atoms with van der Waals surface area (Å²) in [6, 6.07) is 9.65. The summed E-state index contributed by atoms with van der Waals surface area (Å²) in [6.07, 6.45) is 3.22. The zero-order valence-corrected chi connectivity index (χ0v) is 11.0. The van der Waals surface area contributed by atoms with E-state index in [-0.39, 0.29) is 6.09 Å². The number of nitrogens with zero attached hydrogens (tertiary/aromatic N) is 2. The lowest BCUT2D eigenvalue weighted by molar-refractivity contribution is 0.109. The Morgan fingerprint density at radius 1 is 1.37 bits per heavy atom. The van der Waals surface area contributed by atoms with Crippen molar-refractivity contribution in [2.24, 2.45) is 0 Å². The standard InChI is InChI=1S/C14H12N2O2S/c17-14(18-9-11-4-2-1-3-5-11)16-7-6-12-13(8-16)19-10-15-12/h1-7,10H,8-9H2. The molecule has 2 aromatic rings. The Balaban J connectivity index is 1.60. The van der Waals surface area contributed by atoms with Crippen LogP contribution in [0.5, 0.6) is 0 Å². The van der Waals surface area contributed by atoms with Gasteiger partial charge < -0.3 is 4.74 Å². The molecule has 0 unspecified atom stereocenters. The highest BCUT2D eigenvalue weighted by Gasteiger charge is 2.19. The number of aromatic nitrogens is 1. The minimum atomic E-state index is -0.334. The number of thiazole rings is 1. The van der Waals surface area contributed by atoms with Gasteiger partial charge in [0.05, 0.1) is 22.6 Å². The van der Waals surface area contributed by atoms with Gasteiger partial charge in [-0.1, -0.05) is 30.3 Å². The fraction of sp³-hybridized carbons (Fsp3) is 0.143. The number of fused-ring (bicyclic) bond motifs is 1. The van der Waals surface area contributed by atoms with Gasteiger partial charge in [0, 0.05) is 6.20 Å². The molecule has 0 spiro atoms. The zero-order chi connectivity index (χ0) is 13.1. The quantitative estimate of drug-likeness (QED) is 0.842. The van der Waals surface area contributed by atoms with Gasteiger partial charge in [0.2, 0.25) is 0 Å². The van der Waals surface area contributed by atoms with Crippen LogP contribution >= 0.6 is 11.3 Å². The van der Waals surface area contributed by atoms with Crippen LogP contribution in [0.2, 0.25) is 0 Å². The van der Waals surface area contributed by atoms with E-state index in [1.54, 1.807) is 27.9 Å². The average Bonchev–Trinajstić information content (AvgIpc) is 2.93. The molecule has 0 atom stereocenters. The average molecular weight is 272 g/mol. The molecule has 5 heteroatoms. The van der Waals surface area contributed by atoms with Crippen molar-refractivity contribution >= 4 is 23.5 Å². The molecule has 3 rings (SSSR count). The molecule has 0 fully saturated rings. The Labute approximate surface area is 115 Å². The Bertz CT molecular complexity index is 607. The first-order valence-electron chi connectivity index (χ1n) is 5.91. The number of carbonyl (C=O) groups excluding carboxylic acids is 1. The SMILES string of the molecule is O=C(OCc1ccccc1)N1C=Cc2ncsc2C1.